The Bertz CT molecular complexity index is 400. The molecule has 0 aliphatic heterocycles. The van der Waals surface area contributed by atoms with Crippen LogP contribution >= 0.6 is 0 Å². The second-order valence-corrected chi connectivity index (χ2v) is 4.64. The number of aliphatic hydroxyl groups excluding tert-OH is 1. The first-order valence-corrected chi connectivity index (χ1v) is 5.85. The van der Waals surface area contributed by atoms with E-state index in [2.05, 4.69) is 10.4 Å². The number of amides is 1. The van der Waals surface area contributed by atoms with Crippen LogP contribution in [0.1, 0.15) is 42.7 Å². The molecule has 1 unspecified atom stereocenters. The summed E-state index contributed by atoms with van der Waals surface area (Å²) >= 11 is 0. The van der Waals surface area contributed by atoms with E-state index in [0.717, 1.165) is 6.42 Å². The molecule has 0 aliphatic carbocycles. The van der Waals surface area contributed by atoms with Gasteiger partial charge in [0, 0.05) is 25.4 Å². The maximum absolute atomic E-state index is 12.1. The van der Waals surface area contributed by atoms with E-state index in [1.807, 2.05) is 20.8 Å². The van der Waals surface area contributed by atoms with E-state index in [0.29, 0.717) is 17.7 Å². The number of aliphatic hydroxyl groups is 1. The van der Waals surface area contributed by atoms with Crippen LogP contribution in [0.25, 0.3) is 0 Å². The number of nitrogens with one attached hydrogen (secondary N) is 1. The summed E-state index contributed by atoms with van der Waals surface area (Å²) in [5, 5.41) is 16.1. The Morgan fingerprint density at radius 2 is 2.29 bits per heavy atom. The van der Waals surface area contributed by atoms with E-state index in [-0.39, 0.29) is 18.1 Å². The zero-order chi connectivity index (χ0) is 13.1. The molecule has 2 N–H and O–H groups in total. The van der Waals surface area contributed by atoms with Gasteiger partial charge in [0.25, 0.3) is 5.91 Å². The van der Waals surface area contributed by atoms with Crippen LogP contribution in [-0.4, -0.2) is 32.9 Å². The third-order valence-corrected chi connectivity index (χ3v) is 3.12. The van der Waals surface area contributed by atoms with E-state index < -0.39 is 0 Å². The SMILES string of the molecule is CCC(C)(CCO)NC(=O)c1cn(C)nc1C. The van der Waals surface area contributed by atoms with Gasteiger partial charge in [-0.2, -0.15) is 5.10 Å². The van der Waals surface area contributed by atoms with E-state index in [1.165, 1.54) is 0 Å². The van der Waals surface area contributed by atoms with Crippen LogP contribution in [0.15, 0.2) is 6.20 Å². The molecule has 1 amide bonds. The Labute approximate surface area is 102 Å². The lowest BCUT2D eigenvalue weighted by molar-refractivity contribution is 0.0885. The van der Waals surface area contributed by atoms with Gasteiger partial charge in [0.2, 0.25) is 0 Å². The highest BCUT2D eigenvalue weighted by atomic mass is 16.3. The van der Waals surface area contributed by atoms with Gasteiger partial charge in [0.15, 0.2) is 0 Å². The standard InChI is InChI=1S/C12H21N3O2/c1-5-12(3,6-7-16)13-11(17)10-8-15(4)14-9(10)2/h8,16H,5-7H2,1-4H3,(H,13,17). The molecule has 0 aromatic carbocycles. The minimum Gasteiger partial charge on any atom is -0.396 e. The van der Waals surface area contributed by atoms with Gasteiger partial charge in [-0.15, -0.1) is 0 Å². The van der Waals surface area contributed by atoms with Crippen LogP contribution < -0.4 is 5.32 Å². The quantitative estimate of drug-likeness (QED) is 0.806. The molecule has 1 aromatic rings. The van der Waals surface area contributed by atoms with Crippen molar-refractivity contribution < 1.29 is 9.90 Å². The van der Waals surface area contributed by atoms with Crippen molar-refractivity contribution in [3.63, 3.8) is 0 Å². The molecule has 96 valence electrons. The van der Waals surface area contributed by atoms with E-state index in [1.54, 1.807) is 17.9 Å². The van der Waals surface area contributed by atoms with Crippen LogP contribution in [0.4, 0.5) is 0 Å². The number of aryl methyl sites for hydroxylation is 2. The van der Waals surface area contributed by atoms with Crippen molar-refractivity contribution in [3.05, 3.63) is 17.5 Å². The summed E-state index contributed by atoms with van der Waals surface area (Å²) in [6.07, 6.45) is 3.03. The summed E-state index contributed by atoms with van der Waals surface area (Å²) in [5.74, 6) is -0.131. The molecule has 0 aliphatic rings. The third kappa shape index (κ3) is 3.30. The first-order chi connectivity index (χ1) is 7.91. The zero-order valence-electron chi connectivity index (χ0n) is 10.9. The number of rotatable bonds is 5. The van der Waals surface area contributed by atoms with Crippen molar-refractivity contribution in [1.82, 2.24) is 15.1 Å². The number of hydrogen-bond acceptors (Lipinski definition) is 3. The van der Waals surface area contributed by atoms with Gasteiger partial charge in [0.05, 0.1) is 11.3 Å². The van der Waals surface area contributed by atoms with E-state index >= 15 is 0 Å². The topological polar surface area (TPSA) is 67.2 Å². The summed E-state index contributed by atoms with van der Waals surface area (Å²) in [4.78, 5) is 12.1. The van der Waals surface area contributed by atoms with Crippen molar-refractivity contribution in [2.75, 3.05) is 6.61 Å². The fourth-order valence-corrected chi connectivity index (χ4v) is 1.74. The molecule has 1 aromatic heterocycles. The average molecular weight is 239 g/mol. The summed E-state index contributed by atoms with van der Waals surface area (Å²) in [6, 6.07) is 0. The molecule has 0 spiro atoms. The smallest absolute Gasteiger partial charge is 0.255 e. The van der Waals surface area contributed by atoms with Gasteiger partial charge in [0.1, 0.15) is 0 Å². The number of aromatic nitrogens is 2. The minimum absolute atomic E-state index is 0.0661. The Morgan fingerprint density at radius 3 is 2.71 bits per heavy atom. The molecule has 0 fully saturated rings. The van der Waals surface area contributed by atoms with Crippen molar-refractivity contribution in [1.29, 1.82) is 0 Å². The largest absolute Gasteiger partial charge is 0.396 e. The molecule has 17 heavy (non-hydrogen) atoms. The van der Waals surface area contributed by atoms with Crippen molar-refractivity contribution in [3.8, 4) is 0 Å². The molecular formula is C12H21N3O2. The Morgan fingerprint density at radius 1 is 1.65 bits per heavy atom. The summed E-state index contributed by atoms with van der Waals surface area (Å²) in [7, 11) is 1.79. The van der Waals surface area contributed by atoms with Crippen molar-refractivity contribution >= 4 is 5.91 Å². The van der Waals surface area contributed by atoms with Gasteiger partial charge in [-0.1, -0.05) is 6.92 Å². The number of hydrogen-bond donors (Lipinski definition) is 2. The normalized spacial score (nSPS) is 14.4. The van der Waals surface area contributed by atoms with E-state index in [9.17, 15) is 4.79 Å². The van der Waals surface area contributed by atoms with Crippen molar-refractivity contribution in [2.24, 2.45) is 7.05 Å². The number of carbonyl (C=O) groups excluding carboxylic acids is 1. The van der Waals surface area contributed by atoms with Gasteiger partial charge in [-0.25, -0.2) is 0 Å². The van der Waals surface area contributed by atoms with Gasteiger partial charge < -0.3 is 10.4 Å². The summed E-state index contributed by atoms with van der Waals surface area (Å²) < 4.78 is 1.62. The summed E-state index contributed by atoms with van der Waals surface area (Å²) in [6.45, 7) is 5.81. The molecule has 0 saturated carbocycles. The van der Waals surface area contributed by atoms with Crippen LogP contribution in [0, 0.1) is 6.92 Å². The lowest BCUT2D eigenvalue weighted by Gasteiger charge is -2.28. The molecule has 5 nitrogen and oxygen atoms in total. The molecular weight excluding hydrogens is 218 g/mol. The molecule has 1 atom stereocenters. The highest BCUT2D eigenvalue weighted by Crippen LogP contribution is 2.15. The van der Waals surface area contributed by atoms with Gasteiger partial charge >= 0.3 is 0 Å². The molecule has 1 rings (SSSR count). The predicted octanol–water partition coefficient (Wildman–Crippen LogP) is 1.01. The predicted molar refractivity (Wildman–Crippen MR) is 65.8 cm³/mol. The van der Waals surface area contributed by atoms with Crippen LogP contribution in [0.3, 0.4) is 0 Å². The van der Waals surface area contributed by atoms with Crippen molar-refractivity contribution in [2.45, 2.75) is 39.2 Å². The third-order valence-electron chi connectivity index (χ3n) is 3.12. The number of carbonyl (C=O) groups is 1. The first kappa shape index (κ1) is 13.7. The highest BCUT2D eigenvalue weighted by Gasteiger charge is 2.25. The minimum atomic E-state index is -0.367. The van der Waals surface area contributed by atoms with Crippen LogP contribution in [0.5, 0.6) is 0 Å². The average Bonchev–Trinajstić information content (AvgIpc) is 2.58. The number of nitrogens with zero attached hydrogens (tertiary/aromatic N) is 2. The summed E-state index contributed by atoms with van der Waals surface area (Å²) in [5.41, 5.74) is 0.936. The fraction of sp³-hybridized carbons (Fsp3) is 0.667. The molecule has 0 saturated heterocycles. The monoisotopic (exact) mass is 239 g/mol. The maximum atomic E-state index is 12.1. The Kier molecular flexibility index (Phi) is 4.28. The van der Waals surface area contributed by atoms with Gasteiger partial charge in [-0.3, -0.25) is 9.48 Å². The zero-order valence-corrected chi connectivity index (χ0v) is 10.9. The highest BCUT2D eigenvalue weighted by molar-refractivity contribution is 5.95. The molecule has 0 radical (unpaired) electrons. The molecule has 1 heterocycles. The fourth-order valence-electron chi connectivity index (χ4n) is 1.74. The molecule has 5 heteroatoms. The van der Waals surface area contributed by atoms with Crippen LogP contribution in [0.2, 0.25) is 0 Å². The van der Waals surface area contributed by atoms with Gasteiger partial charge in [-0.05, 0) is 26.7 Å². The first-order valence-electron chi connectivity index (χ1n) is 5.85. The Hall–Kier alpha value is -1.36. The second kappa shape index (κ2) is 5.31. The maximum Gasteiger partial charge on any atom is 0.255 e. The molecule has 0 bridgehead atoms. The van der Waals surface area contributed by atoms with E-state index in [4.69, 9.17) is 5.11 Å². The lowest BCUT2D eigenvalue weighted by Crippen LogP contribution is -2.46. The van der Waals surface area contributed by atoms with Crippen LogP contribution in [-0.2, 0) is 7.05 Å². The Balaban J connectivity index is 2.81. The lowest BCUT2D eigenvalue weighted by atomic mass is 9.94. The second-order valence-electron chi connectivity index (χ2n) is 4.64.